The number of nitrogens with zero attached hydrogens (tertiary/aromatic N) is 1. The van der Waals surface area contributed by atoms with E-state index in [1.807, 2.05) is 0 Å². The van der Waals surface area contributed by atoms with E-state index < -0.39 is 0 Å². The van der Waals surface area contributed by atoms with E-state index in [0.717, 1.165) is 31.8 Å². The molecule has 2 aliphatic heterocycles. The van der Waals surface area contributed by atoms with E-state index in [2.05, 4.69) is 55.3 Å². The Labute approximate surface area is 122 Å². The normalized spacial score (nSPS) is 30.3. The fourth-order valence-electron chi connectivity index (χ4n) is 3.27. The third kappa shape index (κ3) is 2.84. The number of piperazine rings is 1. The third-order valence-electron chi connectivity index (χ3n) is 4.69. The van der Waals surface area contributed by atoms with Crippen LogP contribution in [0.25, 0.3) is 0 Å². The maximum atomic E-state index is 6.09. The van der Waals surface area contributed by atoms with Crippen molar-refractivity contribution in [3.8, 4) is 5.75 Å². The van der Waals surface area contributed by atoms with Gasteiger partial charge in [0, 0.05) is 38.1 Å². The highest BCUT2D eigenvalue weighted by molar-refractivity contribution is 5.37. The lowest BCUT2D eigenvalue weighted by atomic mass is 9.99. The van der Waals surface area contributed by atoms with E-state index in [0.29, 0.717) is 24.1 Å². The SMILES string of the molecule is CC(C)C1CN(CC2Cc3ccccc3O2)C(C)CN1. The summed E-state index contributed by atoms with van der Waals surface area (Å²) in [5, 5.41) is 3.66. The van der Waals surface area contributed by atoms with Gasteiger partial charge < -0.3 is 10.1 Å². The molecule has 3 atom stereocenters. The monoisotopic (exact) mass is 274 g/mol. The lowest BCUT2D eigenvalue weighted by Gasteiger charge is -2.41. The van der Waals surface area contributed by atoms with E-state index in [4.69, 9.17) is 4.74 Å². The Morgan fingerprint density at radius 2 is 2.15 bits per heavy atom. The molecule has 0 aromatic heterocycles. The zero-order valence-corrected chi connectivity index (χ0v) is 12.8. The van der Waals surface area contributed by atoms with Crippen molar-refractivity contribution >= 4 is 0 Å². The molecule has 1 aromatic carbocycles. The first-order valence-electron chi connectivity index (χ1n) is 7.85. The Morgan fingerprint density at radius 3 is 2.90 bits per heavy atom. The summed E-state index contributed by atoms with van der Waals surface area (Å²) >= 11 is 0. The Morgan fingerprint density at radius 1 is 1.35 bits per heavy atom. The molecule has 110 valence electrons. The predicted molar refractivity (Wildman–Crippen MR) is 82.2 cm³/mol. The lowest BCUT2D eigenvalue weighted by Crippen LogP contribution is -2.58. The topological polar surface area (TPSA) is 24.5 Å². The van der Waals surface area contributed by atoms with Crippen LogP contribution in [0.4, 0.5) is 0 Å². The van der Waals surface area contributed by atoms with Crippen molar-refractivity contribution in [1.82, 2.24) is 10.2 Å². The van der Waals surface area contributed by atoms with Gasteiger partial charge in [0.1, 0.15) is 11.9 Å². The van der Waals surface area contributed by atoms with Gasteiger partial charge in [0.15, 0.2) is 0 Å². The second-order valence-electron chi connectivity index (χ2n) is 6.61. The van der Waals surface area contributed by atoms with Crippen LogP contribution in [0.5, 0.6) is 5.75 Å². The van der Waals surface area contributed by atoms with Gasteiger partial charge in [-0.1, -0.05) is 32.0 Å². The van der Waals surface area contributed by atoms with Crippen LogP contribution >= 0.6 is 0 Å². The molecule has 1 fully saturated rings. The molecule has 3 heteroatoms. The standard InChI is InChI=1S/C17H26N2O/c1-12(2)16-11-19(13(3)9-18-16)10-15-8-14-6-4-5-7-17(14)20-15/h4-7,12-13,15-16,18H,8-11H2,1-3H3. The third-order valence-corrected chi connectivity index (χ3v) is 4.69. The van der Waals surface area contributed by atoms with Crippen molar-refractivity contribution in [1.29, 1.82) is 0 Å². The summed E-state index contributed by atoms with van der Waals surface area (Å²) in [6, 6.07) is 9.64. The number of nitrogens with one attached hydrogen (secondary N) is 1. The van der Waals surface area contributed by atoms with Crippen molar-refractivity contribution in [3.05, 3.63) is 29.8 Å². The van der Waals surface area contributed by atoms with Crippen LogP contribution in [0.3, 0.4) is 0 Å². The zero-order chi connectivity index (χ0) is 14.1. The Hall–Kier alpha value is -1.06. The highest BCUT2D eigenvalue weighted by Gasteiger charge is 2.31. The van der Waals surface area contributed by atoms with Crippen LogP contribution in [-0.2, 0) is 6.42 Å². The molecule has 20 heavy (non-hydrogen) atoms. The maximum Gasteiger partial charge on any atom is 0.123 e. The molecule has 2 heterocycles. The molecule has 0 spiro atoms. The smallest absolute Gasteiger partial charge is 0.123 e. The molecular formula is C17H26N2O. The van der Waals surface area contributed by atoms with E-state index in [-0.39, 0.29) is 0 Å². The zero-order valence-electron chi connectivity index (χ0n) is 12.8. The van der Waals surface area contributed by atoms with Gasteiger partial charge in [-0.15, -0.1) is 0 Å². The second-order valence-corrected chi connectivity index (χ2v) is 6.61. The van der Waals surface area contributed by atoms with Crippen LogP contribution in [0, 0.1) is 5.92 Å². The van der Waals surface area contributed by atoms with Gasteiger partial charge in [0.25, 0.3) is 0 Å². The summed E-state index contributed by atoms with van der Waals surface area (Å²) in [5.74, 6) is 1.77. The highest BCUT2D eigenvalue weighted by Crippen LogP contribution is 2.29. The number of benzene rings is 1. The summed E-state index contributed by atoms with van der Waals surface area (Å²) in [6.07, 6.45) is 1.37. The summed E-state index contributed by atoms with van der Waals surface area (Å²) in [6.45, 7) is 10.2. The van der Waals surface area contributed by atoms with Crippen LogP contribution in [0.2, 0.25) is 0 Å². The molecule has 2 aliphatic rings. The van der Waals surface area contributed by atoms with Crippen molar-refractivity contribution in [2.75, 3.05) is 19.6 Å². The number of hydrogen-bond acceptors (Lipinski definition) is 3. The van der Waals surface area contributed by atoms with Crippen molar-refractivity contribution in [2.24, 2.45) is 5.92 Å². The van der Waals surface area contributed by atoms with E-state index >= 15 is 0 Å². The van der Waals surface area contributed by atoms with Gasteiger partial charge in [0.2, 0.25) is 0 Å². The van der Waals surface area contributed by atoms with Gasteiger partial charge >= 0.3 is 0 Å². The van der Waals surface area contributed by atoms with Gasteiger partial charge in [-0.3, -0.25) is 4.90 Å². The molecule has 0 saturated carbocycles. The molecule has 1 saturated heterocycles. The molecule has 0 amide bonds. The first kappa shape index (κ1) is 13.9. The molecule has 1 aromatic rings. The fraction of sp³-hybridized carbons (Fsp3) is 0.647. The summed E-state index contributed by atoms with van der Waals surface area (Å²) < 4.78 is 6.09. The number of rotatable bonds is 3. The average molecular weight is 274 g/mol. The lowest BCUT2D eigenvalue weighted by molar-refractivity contribution is 0.0777. The van der Waals surface area contributed by atoms with Gasteiger partial charge in [-0.05, 0) is 24.5 Å². The molecule has 3 unspecified atom stereocenters. The molecule has 0 bridgehead atoms. The minimum Gasteiger partial charge on any atom is -0.488 e. The Balaban J connectivity index is 1.60. The number of ether oxygens (including phenoxy) is 1. The molecule has 0 aliphatic carbocycles. The average Bonchev–Trinajstić information content (AvgIpc) is 2.83. The number of hydrogen-bond donors (Lipinski definition) is 1. The van der Waals surface area contributed by atoms with Crippen molar-refractivity contribution in [3.63, 3.8) is 0 Å². The fourth-order valence-corrected chi connectivity index (χ4v) is 3.27. The van der Waals surface area contributed by atoms with Gasteiger partial charge in [0.05, 0.1) is 0 Å². The van der Waals surface area contributed by atoms with E-state index in [1.165, 1.54) is 5.56 Å². The Kier molecular flexibility index (Phi) is 3.99. The van der Waals surface area contributed by atoms with E-state index in [9.17, 15) is 0 Å². The van der Waals surface area contributed by atoms with Crippen LogP contribution in [-0.4, -0.2) is 42.7 Å². The van der Waals surface area contributed by atoms with Gasteiger partial charge in [-0.2, -0.15) is 0 Å². The predicted octanol–water partition coefficient (Wildman–Crippen LogP) is 2.31. The summed E-state index contributed by atoms with van der Waals surface area (Å²) in [4.78, 5) is 2.59. The molecule has 1 N–H and O–H groups in total. The summed E-state index contributed by atoms with van der Waals surface area (Å²) in [7, 11) is 0. The van der Waals surface area contributed by atoms with Gasteiger partial charge in [-0.25, -0.2) is 0 Å². The quantitative estimate of drug-likeness (QED) is 0.915. The highest BCUT2D eigenvalue weighted by atomic mass is 16.5. The van der Waals surface area contributed by atoms with Crippen LogP contribution in [0.1, 0.15) is 26.3 Å². The maximum absolute atomic E-state index is 6.09. The number of fused-ring (bicyclic) bond motifs is 1. The summed E-state index contributed by atoms with van der Waals surface area (Å²) in [5.41, 5.74) is 1.36. The molecule has 3 rings (SSSR count). The number of para-hydroxylation sites is 1. The molecule has 0 radical (unpaired) electrons. The molecular weight excluding hydrogens is 248 g/mol. The van der Waals surface area contributed by atoms with Crippen molar-refractivity contribution < 1.29 is 4.74 Å². The van der Waals surface area contributed by atoms with Crippen LogP contribution < -0.4 is 10.1 Å². The minimum absolute atomic E-state index is 0.320. The van der Waals surface area contributed by atoms with Crippen LogP contribution in [0.15, 0.2) is 24.3 Å². The second kappa shape index (κ2) is 5.74. The minimum atomic E-state index is 0.320. The first-order valence-corrected chi connectivity index (χ1v) is 7.85. The largest absolute Gasteiger partial charge is 0.488 e. The first-order chi connectivity index (χ1) is 9.63. The van der Waals surface area contributed by atoms with Crippen molar-refractivity contribution in [2.45, 2.75) is 45.4 Å². The molecule has 3 nitrogen and oxygen atoms in total. The van der Waals surface area contributed by atoms with E-state index in [1.54, 1.807) is 0 Å². The Bertz CT molecular complexity index is 435.